The second-order valence-corrected chi connectivity index (χ2v) is 8.74. The number of benzene rings is 2. The van der Waals surface area contributed by atoms with Crippen molar-refractivity contribution in [3.63, 3.8) is 0 Å². The molecular weight excluding hydrogens is 334 g/mol. The Morgan fingerprint density at radius 2 is 1.68 bits per heavy atom. The molecule has 0 atom stereocenters. The third-order valence-electron chi connectivity index (χ3n) is 4.55. The van der Waals surface area contributed by atoms with Crippen molar-refractivity contribution in [1.29, 1.82) is 0 Å². The highest BCUT2D eigenvalue weighted by Gasteiger charge is 2.29. The van der Waals surface area contributed by atoms with Gasteiger partial charge in [-0.2, -0.15) is 0 Å². The SMILES string of the molecule is Cc1ccc(OC2CCN(S(=O)(=O)Cc3cccc(C)c3)CC2)cc1. The third kappa shape index (κ3) is 4.83. The van der Waals surface area contributed by atoms with Crippen LogP contribution in [0, 0.1) is 13.8 Å². The molecule has 0 aliphatic carbocycles. The molecule has 0 amide bonds. The average molecular weight is 359 g/mol. The van der Waals surface area contributed by atoms with Gasteiger partial charge in [-0.25, -0.2) is 12.7 Å². The van der Waals surface area contributed by atoms with E-state index >= 15 is 0 Å². The molecule has 5 heteroatoms. The van der Waals surface area contributed by atoms with Gasteiger partial charge in [-0.3, -0.25) is 0 Å². The molecule has 0 aromatic heterocycles. The molecule has 1 heterocycles. The van der Waals surface area contributed by atoms with Crippen molar-refractivity contribution >= 4 is 10.0 Å². The Kier molecular flexibility index (Phi) is 5.45. The zero-order chi connectivity index (χ0) is 17.9. The Morgan fingerprint density at radius 3 is 2.32 bits per heavy atom. The first kappa shape index (κ1) is 18.0. The summed E-state index contributed by atoms with van der Waals surface area (Å²) in [6, 6.07) is 15.7. The summed E-state index contributed by atoms with van der Waals surface area (Å²) in [5.41, 5.74) is 3.13. The molecule has 0 unspecified atom stereocenters. The van der Waals surface area contributed by atoms with Gasteiger partial charge in [-0.15, -0.1) is 0 Å². The van der Waals surface area contributed by atoms with E-state index in [1.807, 2.05) is 62.4 Å². The molecule has 1 saturated heterocycles. The molecule has 0 radical (unpaired) electrons. The molecule has 1 fully saturated rings. The van der Waals surface area contributed by atoms with Crippen LogP contribution < -0.4 is 4.74 Å². The van der Waals surface area contributed by atoms with Crippen LogP contribution in [-0.2, 0) is 15.8 Å². The van der Waals surface area contributed by atoms with Crippen molar-refractivity contribution in [3.8, 4) is 5.75 Å². The molecule has 134 valence electrons. The lowest BCUT2D eigenvalue weighted by Gasteiger charge is -2.31. The summed E-state index contributed by atoms with van der Waals surface area (Å²) in [5.74, 6) is 0.921. The van der Waals surface area contributed by atoms with Gasteiger partial charge in [0.1, 0.15) is 11.9 Å². The molecular formula is C20H25NO3S. The standard InChI is InChI=1S/C20H25NO3S/c1-16-6-8-19(9-7-16)24-20-10-12-21(13-11-20)25(22,23)15-18-5-3-4-17(2)14-18/h3-9,14,20H,10-13,15H2,1-2H3. The van der Waals surface area contributed by atoms with Crippen LogP contribution in [0.5, 0.6) is 5.75 Å². The molecule has 2 aromatic carbocycles. The van der Waals surface area contributed by atoms with Crippen LogP contribution >= 0.6 is 0 Å². The summed E-state index contributed by atoms with van der Waals surface area (Å²) in [4.78, 5) is 0. The quantitative estimate of drug-likeness (QED) is 0.818. The molecule has 4 nitrogen and oxygen atoms in total. The number of nitrogens with zero attached hydrogens (tertiary/aromatic N) is 1. The van der Waals surface area contributed by atoms with Crippen LogP contribution in [-0.4, -0.2) is 31.9 Å². The Bertz CT molecular complexity index is 807. The fourth-order valence-corrected chi connectivity index (χ4v) is 4.69. The number of sulfonamides is 1. The van der Waals surface area contributed by atoms with Gasteiger partial charge in [0, 0.05) is 13.1 Å². The fourth-order valence-electron chi connectivity index (χ4n) is 3.14. The van der Waals surface area contributed by atoms with Crippen LogP contribution in [0.1, 0.15) is 29.5 Å². The maximum Gasteiger partial charge on any atom is 0.218 e. The normalized spacial score (nSPS) is 16.7. The molecule has 2 aromatic rings. The second-order valence-electron chi connectivity index (χ2n) is 6.77. The number of piperidine rings is 1. The summed E-state index contributed by atoms with van der Waals surface area (Å²) in [7, 11) is -3.28. The zero-order valence-electron chi connectivity index (χ0n) is 14.8. The zero-order valence-corrected chi connectivity index (χ0v) is 15.6. The summed E-state index contributed by atoms with van der Waals surface area (Å²) >= 11 is 0. The minimum Gasteiger partial charge on any atom is -0.490 e. The number of rotatable bonds is 5. The van der Waals surface area contributed by atoms with Gasteiger partial charge < -0.3 is 4.74 Å². The van der Waals surface area contributed by atoms with E-state index in [2.05, 4.69) is 0 Å². The minimum absolute atomic E-state index is 0.0676. The van der Waals surface area contributed by atoms with Crippen molar-refractivity contribution in [2.75, 3.05) is 13.1 Å². The molecule has 0 bridgehead atoms. The van der Waals surface area contributed by atoms with Crippen molar-refractivity contribution in [2.24, 2.45) is 0 Å². The predicted molar refractivity (Wildman–Crippen MR) is 100 cm³/mol. The first-order valence-electron chi connectivity index (χ1n) is 8.69. The summed E-state index contributed by atoms with van der Waals surface area (Å²) < 4.78 is 32.9. The predicted octanol–water partition coefficient (Wildman–Crippen LogP) is 3.68. The van der Waals surface area contributed by atoms with Crippen LogP contribution in [0.25, 0.3) is 0 Å². The fraction of sp³-hybridized carbons (Fsp3) is 0.400. The Labute approximate surface area is 150 Å². The first-order chi connectivity index (χ1) is 11.9. The van der Waals surface area contributed by atoms with E-state index in [0.717, 1.165) is 29.7 Å². The highest BCUT2D eigenvalue weighted by atomic mass is 32.2. The maximum absolute atomic E-state index is 12.7. The molecule has 0 saturated carbocycles. The van der Waals surface area contributed by atoms with E-state index in [1.54, 1.807) is 4.31 Å². The largest absolute Gasteiger partial charge is 0.490 e. The lowest BCUT2D eigenvalue weighted by Crippen LogP contribution is -2.42. The molecule has 0 spiro atoms. The summed E-state index contributed by atoms with van der Waals surface area (Å²) in [6.07, 6.45) is 1.52. The van der Waals surface area contributed by atoms with E-state index in [-0.39, 0.29) is 11.9 Å². The number of ether oxygens (including phenoxy) is 1. The summed E-state index contributed by atoms with van der Waals surface area (Å²) in [5, 5.41) is 0. The van der Waals surface area contributed by atoms with Crippen LogP contribution in [0.4, 0.5) is 0 Å². The lowest BCUT2D eigenvalue weighted by atomic mass is 10.1. The third-order valence-corrected chi connectivity index (χ3v) is 6.40. The van der Waals surface area contributed by atoms with Crippen LogP contribution in [0.2, 0.25) is 0 Å². The number of aryl methyl sites for hydroxylation is 2. The smallest absolute Gasteiger partial charge is 0.218 e. The maximum atomic E-state index is 12.7. The Balaban J connectivity index is 1.56. The molecule has 1 aliphatic rings. The van der Waals surface area contributed by atoms with Crippen LogP contribution in [0.15, 0.2) is 48.5 Å². The van der Waals surface area contributed by atoms with Crippen molar-refractivity contribution in [1.82, 2.24) is 4.31 Å². The van der Waals surface area contributed by atoms with Crippen molar-refractivity contribution in [2.45, 2.75) is 38.5 Å². The van der Waals surface area contributed by atoms with Crippen molar-refractivity contribution < 1.29 is 13.2 Å². The second kappa shape index (κ2) is 7.58. The van der Waals surface area contributed by atoms with Gasteiger partial charge in [0.05, 0.1) is 5.75 Å². The average Bonchev–Trinajstić information content (AvgIpc) is 2.57. The van der Waals surface area contributed by atoms with Gasteiger partial charge in [-0.05, 0) is 44.4 Å². The van der Waals surface area contributed by atoms with Crippen LogP contribution in [0.3, 0.4) is 0 Å². The number of hydrogen-bond acceptors (Lipinski definition) is 3. The highest BCUT2D eigenvalue weighted by Crippen LogP contribution is 2.22. The minimum atomic E-state index is -3.28. The highest BCUT2D eigenvalue weighted by molar-refractivity contribution is 7.88. The van der Waals surface area contributed by atoms with E-state index in [0.29, 0.717) is 13.1 Å². The van der Waals surface area contributed by atoms with Gasteiger partial charge in [0.25, 0.3) is 0 Å². The van der Waals surface area contributed by atoms with E-state index < -0.39 is 10.0 Å². The topological polar surface area (TPSA) is 46.6 Å². The monoisotopic (exact) mass is 359 g/mol. The van der Waals surface area contributed by atoms with E-state index in [9.17, 15) is 8.42 Å². The van der Waals surface area contributed by atoms with Gasteiger partial charge in [-0.1, -0.05) is 47.5 Å². The lowest BCUT2D eigenvalue weighted by molar-refractivity contribution is 0.135. The molecule has 25 heavy (non-hydrogen) atoms. The van der Waals surface area contributed by atoms with E-state index in [4.69, 9.17) is 4.74 Å². The van der Waals surface area contributed by atoms with Crippen molar-refractivity contribution in [3.05, 3.63) is 65.2 Å². The number of hydrogen-bond donors (Lipinski definition) is 0. The molecule has 3 rings (SSSR count). The Morgan fingerprint density at radius 1 is 1.00 bits per heavy atom. The van der Waals surface area contributed by atoms with Gasteiger partial charge in [0.2, 0.25) is 10.0 Å². The van der Waals surface area contributed by atoms with E-state index in [1.165, 1.54) is 5.56 Å². The first-order valence-corrected chi connectivity index (χ1v) is 10.3. The van der Waals surface area contributed by atoms with Gasteiger partial charge >= 0.3 is 0 Å². The summed E-state index contributed by atoms with van der Waals surface area (Å²) in [6.45, 7) is 5.06. The molecule has 1 aliphatic heterocycles. The Hall–Kier alpha value is -1.85. The van der Waals surface area contributed by atoms with Gasteiger partial charge in [0.15, 0.2) is 0 Å². The molecule has 0 N–H and O–H groups in total.